The minimum atomic E-state index is 0.501. The van der Waals surface area contributed by atoms with E-state index in [1.807, 2.05) is 0 Å². The molecule has 0 N–H and O–H groups in total. The van der Waals surface area contributed by atoms with Gasteiger partial charge in [0.2, 0.25) is 0 Å². The largest absolute Gasteiger partial charge is 0.496 e. The number of hydrogen-bond acceptors (Lipinski definition) is 3. The van der Waals surface area contributed by atoms with Gasteiger partial charge in [0.05, 0.1) is 7.11 Å². The second-order valence-electron chi connectivity index (χ2n) is 8.63. The lowest BCUT2D eigenvalue weighted by molar-refractivity contribution is -0.0247. The molecule has 0 saturated carbocycles. The molecule has 2 saturated heterocycles. The molecular formula is C21H34N2O. The van der Waals surface area contributed by atoms with E-state index < -0.39 is 0 Å². The monoisotopic (exact) mass is 330 g/mol. The maximum atomic E-state index is 5.63. The molecule has 2 fully saturated rings. The fourth-order valence-electron chi connectivity index (χ4n) is 4.48. The Balaban J connectivity index is 1.59. The number of rotatable bonds is 5. The number of anilines is 1. The molecule has 2 heterocycles. The quantitative estimate of drug-likeness (QED) is 0.797. The number of likely N-dealkylation sites (tertiary alicyclic amines) is 1. The highest BCUT2D eigenvalue weighted by atomic mass is 16.5. The van der Waals surface area contributed by atoms with Crippen LogP contribution in [-0.2, 0) is 0 Å². The van der Waals surface area contributed by atoms with Gasteiger partial charge in [-0.1, -0.05) is 33.8 Å². The normalized spacial score (nSPS) is 20.7. The highest BCUT2D eigenvalue weighted by Gasteiger charge is 2.44. The Morgan fingerprint density at radius 3 is 2.29 bits per heavy atom. The Labute approximate surface area is 148 Å². The van der Waals surface area contributed by atoms with Gasteiger partial charge in [0, 0.05) is 44.5 Å². The third-order valence-corrected chi connectivity index (χ3v) is 5.77. The summed E-state index contributed by atoms with van der Waals surface area (Å²) in [5, 5.41) is 0. The van der Waals surface area contributed by atoms with Crippen molar-refractivity contribution in [2.45, 2.75) is 46.5 Å². The zero-order valence-corrected chi connectivity index (χ0v) is 16.1. The van der Waals surface area contributed by atoms with E-state index in [4.69, 9.17) is 4.74 Å². The lowest BCUT2D eigenvalue weighted by atomic mass is 9.71. The molecule has 3 rings (SSSR count). The van der Waals surface area contributed by atoms with E-state index >= 15 is 0 Å². The summed E-state index contributed by atoms with van der Waals surface area (Å²) in [6, 6.07) is 6.76. The van der Waals surface area contributed by atoms with Gasteiger partial charge in [-0.2, -0.15) is 0 Å². The van der Waals surface area contributed by atoms with Crippen LogP contribution in [0.15, 0.2) is 18.2 Å². The fourth-order valence-corrected chi connectivity index (χ4v) is 4.48. The van der Waals surface area contributed by atoms with Crippen molar-refractivity contribution in [1.82, 2.24) is 4.90 Å². The summed E-state index contributed by atoms with van der Waals surface area (Å²) in [6.45, 7) is 15.3. The highest BCUT2D eigenvalue weighted by Crippen LogP contribution is 2.42. The van der Waals surface area contributed by atoms with Gasteiger partial charge in [0.25, 0.3) is 0 Å². The van der Waals surface area contributed by atoms with E-state index in [-0.39, 0.29) is 0 Å². The van der Waals surface area contributed by atoms with Gasteiger partial charge in [0.1, 0.15) is 5.75 Å². The van der Waals surface area contributed by atoms with Crippen LogP contribution in [0.4, 0.5) is 5.69 Å². The molecule has 0 amide bonds. The number of piperidine rings is 1. The van der Waals surface area contributed by atoms with Crippen molar-refractivity contribution in [3.05, 3.63) is 23.8 Å². The van der Waals surface area contributed by atoms with Crippen LogP contribution in [0.25, 0.3) is 0 Å². The molecular weight excluding hydrogens is 296 g/mol. The Morgan fingerprint density at radius 2 is 1.75 bits per heavy atom. The van der Waals surface area contributed by atoms with Gasteiger partial charge in [-0.25, -0.2) is 0 Å². The second kappa shape index (κ2) is 6.95. The summed E-state index contributed by atoms with van der Waals surface area (Å²) in [5.41, 5.74) is 3.23. The van der Waals surface area contributed by atoms with E-state index in [9.17, 15) is 0 Å². The Bertz CT molecular complexity index is 551. The first-order valence-corrected chi connectivity index (χ1v) is 9.58. The first kappa shape index (κ1) is 17.6. The topological polar surface area (TPSA) is 15.7 Å². The predicted octanol–water partition coefficient (Wildman–Crippen LogP) is 4.38. The Kier molecular flexibility index (Phi) is 5.10. The van der Waals surface area contributed by atoms with Crippen molar-refractivity contribution >= 4 is 5.69 Å². The summed E-state index contributed by atoms with van der Waals surface area (Å²) in [6.07, 6.45) is 2.66. The lowest BCUT2D eigenvalue weighted by Gasteiger charge is -2.55. The molecule has 0 aliphatic carbocycles. The lowest BCUT2D eigenvalue weighted by Crippen LogP contribution is -2.60. The van der Waals surface area contributed by atoms with Gasteiger partial charge >= 0.3 is 0 Å². The fraction of sp³-hybridized carbons (Fsp3) is 0.714. The first-order chi connectivity index (χ1) is 11.4. The van der Waals surface area contributed by atoms with Crippen LogP contribution in [0, 0.1) is 11.3 Å². The standard InChI is InChI=1S/C21H34N2O/c1-16(2)13-22-14-21(15-22)8-10-23(11-9-21)18-6-7-19(17(3)4)20(12-18)24-5/h6-7,12,16-17H,8-11,13-15H2,1-5H3. The molecule has 134 valence electrons. The summed E-state index contributed by atoms with van der Waals surface area (Å²) in [5.74, 6) is 2.32. The third-order valence-electron chi connectivity index (χ3n) is 5.77. The van der Waals surface area contributed by atoms with E-state index in [1.54, 1.807) is 7.11 Å². The van der Waals surface area contributed by atoms with E-state index in [0.717, 1.165) is 11.7 Å². The van der Waals surface area contributed by atoms with Gasteiger partial charge in [0.15, 0.2) is 0 Å². The Hall–Kier alpha value is -1.22. The van der Waals surface area contributed by atoms with Crippen molar-refractivity contribution in [1.29, 1.82) is 0 Å². The molecule has 24 heavy (non-hydrogen) atoms. The van der Waals surface area contributed by atoms with E-state index in [2.05, 4.69) is 55.7 Å². The summed E-state index contributed by atoms with van der Waals surface area (Å²) < 4.78 is 5.63. The molecule has 2 aliphatic rings. The van der Waals surface area contributed by atoms with Crippen molar-refractivity contribution in [3.63, 3.8) is 0 Å². The highest BCUT2D eigenvalue weighted by molar-refractivity contribution is 5.55. The van der Waals surface area contributed by atoms with Crippen LogP contribution in [0.5, 0.6) is 5.75 Å². The van der Waals surface area contributed by atoms with Crippen LogP contribution >= 0.6 is 0 Å². The molecule has 1 spiro atoms. The van der Waals surface area contributed by atoms with Crippen LogP contribution in [0.3, 0.4) is 0 Å². The van der Waals surface area contributed by atoms with Crippen molar-refractivity contribution < 1.29 is 4.74 Å². The van der Waals surface area contributed by atoms with Crippen molar-refractivity contribution in [2.75, 3.05) is 44.7 Å². The molecule has 1 aromatic rings. The predicted molar refractivity (Wildman–Crippen MR) is 102 cm³/mol. The molecule has 1 aromatic carbocycles. The number of methoxy groups -OCH3 is 1. The number of hydrogen-bond donors (Lipinski definition) is 0. The van der Waals surface area contributed by atoms with Crippen LogP contribution < -0.4 is 9.64 Å². The minimum absolute atomic E-state index is 0.501. The first-order valence-electron chi connectivity index (χ1n) is 9.58. The molecule has 3 heteroatoms. The van der Waals surface area contributed by atoms with Gasteiger partial charge in [-0.15, -0.1) is 0 Å². The number of benzene rings is 1. The van der Waals surface area contributed by atoms with Crippen molar-refractivity contribution in [3.8, 4) is 5.75 Å². The molecule has 3 nitrogen and oxygen atoms in total. The van der Waals surface area contributed by atoms with E-state index in [0.29, 0.717) is 11.3 Å². The van der Waals surface area contributed by atoms with Gasteiger partial charge in [-0.3, -0.25) is 0 Å². The van der Waals surface area contributed by atoms with Crippen LogP contribution in [0.1, 0.15) is 52.0 Å². The SMILES string of the molecule is COc1cc(N2CCC3(CC2)CN(CC(C)C)C3)ccc1C(C)C. The zero-order chi connectivity index (χ0) is 17.3. The Morgan fingerprint density at radius 1 is 1.08 bits per heavy atom. The number of nitrogens with zero attached hydrogens (tertiary/aromatic N) is 2. The summed E-state index contributed by atoms with van der Waals surface area (Å²) in [7, 11) is 1.79. The third kappa shape index (κ3) is 3.56. The molecule has 0 bridgehead atoms. The smallest absolute Gasteiger partial charge is 0.124 e. The number of ether oxygens (including phenoxy) is 1. The second-order valence-corrected chi connectivity index (χ2v) is 8.63. The maximum Gasteiger partial charge on any atom is 0.124 e. The molecule has 0 aromatic heterocycles. The maximum absolute atomic E-state index is 5.63. The van der Waals surface area contributed by atoms with Crippen LogP contribution in [0.2, 0.25) is 0 Å². The summed E-state index contributed by atoms with van der Waals surface area (Å²) in [4.78, 5) is 5.18. The molecule has 0 atom stereocenters. The van der Waals surface area contributed by atoms with Gasteiger partial charge < -0.3 is 14.5 Å². The average molecular weight is 331 g/mol. The molecule has 0 radical (unpaired) electrons. The van der Waals surface area contributed by atoms with Crippen molar-refractivity contribution in [2.24, 2.45) is 11.3 Å². The summed E-state index contributed by atoms with van der Waals surface area (Å²) >= 11 is 0. The van der Waals surface area contributed by atoms with Crippen LogP contribution in [-0.4, -0.2) is 44.7 Å². The zero-order valence-electron chi connectivity index (χ0n) is 16.1. The van der Waals surface area contributed by atoms with Gasteiger partial charge in [-0.05, 0) is 41.7 Å². The molecule has 0 unspecified atom stereocenters. The van der Waals surface area contributed by atoms with E-state index in [1.165, 1.54) is 56.8 Å². The molecule has 2 aliphatic heterocycles. The minimum Gasteiger partial charge on any atom is -0.496 e. The average Bonchev–Trinajstić information content (AvgIpc) is 2.53.